The summed E-state index contributed by atoms with van der Waals surface area (Å²) in [5, 5.41) is 3.62. The van der Waals surface area contributed by atoms with Crippen LogP contribution in [0.4, 0.5) is 0 Å². The molecular formula is C19H27ClN2O4. The van der Waals surface area contributed by atoms with Gasteiger partial charge in [0.05, 0.1) is 25.9 Å². The molecule has 1 aromatic carbocycles. The first-order valence-electron chi connectivity index (χ1n) is 9.27. The van der Waals surface area contributed by atoms with Crippen LogP contribution in [0.25, 0.3) is 0 Å². The molecule has 3 rings (SSSR count). The van der Waals surface area contributed by atoms with Gasteiger partial charge in [0.25, 0.3) is 0 Å². The van der Waals surface area contributed by atoms with Crippen LogP contribution < -0.4 is 10.1 Å². The minimum Gasteiger partial charge on any atom is -0.489 e. The lowest BCUT2D eigenvalue weighted by atomic mass is 10.2. The predicted octanol–water partition coefficient (Wildman–Crippen LogP) is 2.23. The molecule has 2 atom stereocenters. The van der Waals surface area contributed by atoms with E-state index < -0.39 is 0 Å². The first-order valence-corrected chi connectivity index (χ1v) is 9.65. The maximum atomic E-state index is 12.2. The van der Waals surface area contributed by atoms with Gasteiger partial charge in [-0.05, 0) is 18.6 Å². The predicted molar refractivity (Wildman–Crippen MR) is 99.6 cm³/mol. The number of nitrogens with one attached hydrogen (secondary N) is 1. The maximum absolute atomic E-state index is 12.2. The Morgan fingerprint density at radius 1 is 1.35 bits per heavy atom. The third-order valence-electron chi connectivity index (χ3n) is 4.70. The van der Waals surface area contributed by atoms with Gasteiger partial charge in [-0.2, -0.15) is 0 Å². The van der Waals surface area contributed by atoms with Crippen molar-refractivity contribution in [3.05, 3.63) is 28.8 Å². The van der Waals surface area contributed by atoms with Gasteiger partial charge in [-0.3, -0.25) is 9.69 Å². The van der Waals surface area contributed by atoms with Crippen LogP contribution in [0.15, 0.2) is 18.2 Å². The average molecular weight is 383 g/mol. The van der Waals surface area contributed by atoms with Crippen molar-refractivity contribution in [2.75, 3.05) is 39.5 Å². The fourth-order valence-electron chi connectivity index (χ4n) is 3.19. The summed E-state index contributed by atoms with van der Waals surface area (Å²) < 4.78 is 17.0. The molecule has 6 nitrogen and oxygen atoms in total. The zero-order chi connectivity index (χ0) is 18.4. The summed E-state index contributed by atoms with van der Waals surface area (Å²) in [6.07, 6.45) is 1.42. The highest BCUT2D eigenvalue weighted by atomic mass is 35.5. The smallest absolute Gasteiger partial charge is 0.221 e. The van der Waals surface area contributed by atoms with Crippen molar-refractivity contribution in [3.8, 4) is 5.75 Å². The molecule has 0 unspecified atom stereocenters. The van der Waals surface area contributed by atoms with E-state index in [0.717, 1.165) is 30.8 Å². The Morgan fingerprint density at radius 2 is 2.23 bits per heavy atom. The summed E-state index contributed by atoms with van der Waals surface area (Å²) in [5.74, 6) is 0.888. The lowest BCUT2D eigenvalue weighted by Crippen LogP contribution is -2.41. The highest BCUT2D eigenvalue weighted by molar-refractivity contribution is 6.30. The molecule has 0 aliphatic carbocycles. The molecular weight excluding hydrogens is 356 g/mol. The van der Waals surface area contributed by atoms with Crippen LogP contribution in [-0.2, 0) is 20.8 Å². The van der Waals surface area contributed by atoms with Gasteiger partial charge in [0.1, 0.15) is 11.9 Å². The molecule has 0 saturated carbocycles. The average Bonchev–Trinajstić information content (AvgIpc) is 2.84. The molecule has 2 aliphatic rings. The van der Waals surface area contributed by atoms with Crippen LogP contribution in [0.1, 0.15) is 25.3 Å². The molecule has 1 amide bonds. The van der Waals surface area contributed by atoms with Crippen molar-refractivity contribution in [2.24, 2.45) is 0 Å². The molecule has 26 heavy (non-hydrogen) atoms. The van der Waals surface area contributed by atoms with Gasteiger partial charge >= 0.3 is 0 Å². The normalized spacial score (nSPS) is 23.6. The van der Waals surface area contributed by atoms with Gasteiger partial charge in [-0.1, -0.05) is 24.6 Å². The fraction of sp³-hybridized carbons (Fsp3) is 0.632. The molecule has 1 N–H and O–H groups in total. The lowest BCUT2D eigenvalue weighted by Gasteiger charge is -2.24. The Labute approximate surface area is 159 Å². The van der Waals surface area contributed by atoms with Crippen LogP contribution in [0.3, 0.4) is 0 Å². The van der Waals surface area contributed by atoms with Crippen LogP contribution in [0, 0.1) is 0 Å². The Kier molecular flexibility index (Phi) is 7.14. The minimum absolute atomic E-state index is 0.0358. The van der Waals surface area contributed by atoms with Crippen molar-refractivity contribution in [1.29, 1.82) is 0 Å². The van der Waals surface area contributed by atoms with Gasteiger partial charge in [-0.15, -0.1) is 0 Å². The van der Waals surface area contributed by atoms with E-state index in [4.69, 9.17) is 25.8 Å². The highest BCUT2D eigenvalue weighted by Crippen LogP contribution is 2.29. The molecule has 0 bridgehead atoms. The third-order valence-corrected chi connectivity index (χ3v) is 4.94. The number of nitrogens with zero attached hydrogens (tertiary/aromatic N) is 1. The first-order chi connectivity index (χ1) is 12.6. The van der Waals surface area contributed by atoms with Crippen LogP contribution in [0.2, 0.25) is 5.02 Å². The van der Waals surface area contributed by atoms with E-state index in [-0.39, 0.29) is 18.1 Å². The van der Waals surface area contributed by atoms with Crippen molar-refractivity contribution in [1.82, 2.24) is 10.2 Å². The largest absolute Gasteiger partial charge is 0.489 e. The number of halogens is 1. The first kappa shape index (κ1) is 19.4. The molecule has 0 spiro atoms. The number of amides is 1. The molecule has 1 aromatic rings. The van der Waals surface area contributed by atoms with E-state index in [0.29, 0.717) is 44.4 Å². The van der Waals surface area contributed by atoms with Gasteiger partial charge in [0, 0.05) is 43.2 Å². The summed E-state index contributed by atoms with van der Waals surface area (Å²) in [5.41, 5.74) is 1.11. The van der Waals surface area contributed by atoms with Gasteiger partial charge < -0.3 is 19.5 Å². The molecule has 2 aliphatic heterocycles. The van der Waals surface area contributed by atoms with Gasteiger partial charge in [0.2, 0.25) is 5.91 Å². The second kappa shape index (κ2) is 9.55. The Bertz CT molecular complexity index is 607. The monoisotopic (exact) mass is 382 g/mol. The van der Waals surface area contributed by atoms with Crippen molar-refractivity contribution >= 4 is 17.5 Å². The van der Waals surface area contributed by atoms with E-state index in [9.17, 15) is 4.79 Å². The highest BCUT2D eigenvalue weighted by Gasteiger charge is 2.23. The van der Waals surface area contributed by atoms with Crippen molar-refractivity contribution in [2.45, 2.75) is 38.5 Å². The number of ether oxygens (including phenoxy) is 3. The maximum Gasteiger partial charge on any atom is 0.221 e. The minimum atomic E-state index is -0.0413. The number of benzene rings is 1. The fourth-order valence-corrected chi connectivity index (χ4v) is 3.35. The topological polar surface area (TPSA) is 60.0 Å². The number of carbonyl (C=O) groups excluding carboxylic acids is 1. The zero-order valence-electron chi connectivity index (χ0n) is 15.2. The van der Waals surface area contributed by atoms with Crippen LogP contribution in [0.5, 0.6) is 5.75 Å². The second-order valence-electron chi connectivity index (χ2n) is 6.76. The Hall–Kier alpha value is -1.34. The molecule has 0 aromatic heterocycles. The second-order valence-corrected chi connectivity index (χ2v) is 7.19. The van der Waals surface area contributed by atoms with Crippen molar-refractivity contribution in [3.63, 3.8) is 0 Å². The number of fused-ring (bicyclic) bond motifs is 1. The number of rotatable bonds is 6. The number of hydrogen-bond donors (Lipinski definition) is 1. The van der Waals surface area contributed by atoms with Crippen LogP contribution >= 0.6 is 11.6 Å². The zero-order valence-corrected chi connectivity index (χ0v) is 16.0. The van der Waals surface area contributed by atoms with Crippen molar-refractivity contribution < 1.29 is 19.0 Å². The quantitative estimate of drug-likeness (QED) is 0.817. The van der Waals surface area contributed by atoms with Gasteiger partial charge in [0.15, 0.2) is 0 Å². The molecule has 144 valence electrons. The van der Waals surface area contributed by atoms with E-state index >= 15 is 0 Å². The summed E-state index contributed by atoms with van der Waals surface area (Å²) >= 11 is 6.09. The van der Waals surface area contributed by atoms with Gasteiger partial charge in [-0.25, -0.2) is 0 Å². The number of carbonyl (C=O) groups is 1. The molecule has 7 heteroatoms. The molecule has 0 radical (unpaired) electrons. The SMILES string of the molecule is CC[C@H]1CN(CCC(=O)NC[C@@H]2COCCO2)Cc2ccc(Cl)cc2O1. The summed E-state index contributed by atoms with van der Waals surface area (Å²) in [7, 11) is 0. The molecule has 2 heterocycles. The third kappa shape index (κ3) is 5.58. The summed E-state index contributed by atoms with van der Waals surface area (Å²) in [4.78, 5) is 14.4. The number of hydrogen-bond acceptors (Lipinski definition) is 5. The van der Waals surface area contributed by atoms with E-state index in [1.165, 1.54) is 0 Å². The van der Waals surface area contributed by atoms with E-state index in [1.807, 2.05) is 18.2 Å². The molecule has 1 saturated heterocycles. The standard InChI is InChI=1S/C19H27ClN2O4/c1-2-16-12-22(11-14-3-4-15(20)9-18(14)26-16)6-5-19(23)21-10-17-13-24-7-8-25-17/h3-4,9,16-17H,2,5-8,10-13H2,1H3,(H,21,23)/t16-,17+/m0/s1. The van der Waals surface area contributed by atoms with Crippen LogP contribution in [-0.4, -0.2) is 62.5 Å². The molecule has 1 fully saturated rings. The van der Waals surface area contributed by atoms with E-state index in [2.05, 4.69) is 17.1 Å². The Balaban J connectivity index is 1.50. The lowest BCUT2D eigenvalue weighted by molar-refractivity contribution is -0.124. The summed E-state index contributed by atoms with van der Waals surface area (Å²) in [6.45, 7) is 6.63. The summed E-state index contributed by atoms with van der Waals surface area (Å²) in [6, 6.07) is 5.76. The van der Waals surface area contributed by atoms with E-state index in [1.54, 1.807) is 0 Å². The Morgan fingerprint density at radius 3 is 3.00 bits per heavy atom.